The van der Waals surface area contributed by atoms with Gasteiger partial charge in [0.1, 0.15) is 5.78 Å². The molecular weight excluding hydrogens is 151 g/mol. The molecule has 58 valence electrons. The van der Waals surface area contributed by atoms with Gasteiger partial charge in [-0.15, -0.1) is 0 Å². The van der Waals surface area contributed by atoms with Gasteiger partial charge in [-0.05, 0) is 6.42 Å². The Hall–Kier alpha value is -0.630. The summed E-state index contributed by atoms with van der Waals surface area (Å²) in [5, 5.41) is 2.34. The summed E-state index contributed by atoms with van der Waals surface area (Å²) in [6.07, 6.45) is 1.56. The van der Waals surface area contributed by atoms with Crippen molar-refractivity contribution in [2.45, 2.75) is 25.5 Å². The van der Waals surface area contributed by atoms with Gasteiger partial charge in [0.15, 0.2) is 8.46 Å². The molecule has 0 rings (SSSR count). The maximum absolute atomic E-state index is 10.3. The number of nitrogens with one attached hydrogen (secondary N) is 1. The van der Waals surface area contributed by atoms with E-state index in [-0.39, 0.29) is 14.2 Å². The number of hydrogen-bond donors (Lipinski definition) is 2. The molecule has 0 saturated carbocycles. The van der Waals surface area contributed by atoms with Crippen LogP contribution in [0.1, 0.15) is 19.8 Å². The third kappa shape index (κ3) is 4.27. The molecule has 0 aromatic rings. The zero-order valence-corrected chi connectivity index (χ0v) is 6.73. The van der Waals surface area contributed by atoms with Gasteiger partial charge in [-0.3, -0.25) is 4.57 Å². The molecule has 0 radical (unpaired) electrons. The van der Waals surface area contributed by atoms with Crippen molar-refractivity contribution in [3.05, 3.63) is 0 Å². The summed E-state index contributed by atoms with van der Waals surface area (Å²) >= 11 is 0. The molecule has 0 bridgehead atoms. The van der Waals surface area contributed by atoms with E-state index in [1.807, 2.05) is 6.92 Å². The third-order valence-corrected chi connectivity index (χ3v) is 1.64. The smallest absolute Gasteiger partial charge is 0.313 e. The zero-order valence-electron chi connectivity index (χ0n) is 5.83. The Labute approximate surface area is 61.4 Å². The van der Waals surface area contributed by atoms with Crippen LogP contribution < -0.4 is 11.1 Å². The fourth-order valence-corrected chi connectivity index (χ4v) is 1.13. The number of nitrogens with two attached hydrogens (primary N) is 1. The lowest BCUT2D eigenvalue weighted by Gasteiger charge is -2.06. The monoisotopic (exact) mass is 162 g/mol. The number of carbonyl (C=O) groups excluding carboxylic acids is 1. The molecular formula is C5H11N2O2P. The molecule has 10 heavy (non-hydrogen) atoms. The van der Waals surface area contributed by atoms with Crippen LogP contribution in [-0.2, 0) is 4.57 Å². The van der Waals surface area contributed by atoms with Crippen molar-refractivity contribution in [2.75, 3.05) is 0 Å². The van der Waals surface area contributed by atoms with Gasteiger partial charge in [0.05, 0.1) is 0 Å². The van der Waals surface area contributed by atoms with Gasteiger partial charge in [-0.25, -0.2) is 4.79 Å². The van der Waals surface area contributed by atoms with Crippen molar-refractivity contribution in [1.82, 2.24) is 5.32 Å². The van der Waals surface area contributed by atoms with E-state index in [1.54, 1.807) is 0 Å². The number of rotatable bonds is 4. The molecule has 0 aromatic carbocycles. The van der Waals surface area contributed by atoms with Gasteiger partial charge in [0, 0.05) is 0 Å². The lowest BCUT2D eigenvalue weighted by atomic mass is 10.3. The fourth-order valence-electron chi connectivity index (χ4n) is 0.589. The van der Waals surface area contributed by atoms with Gasteiger partial charge >= 0.3 is 6.03 Å². The molecule has 1 atom stereocenters. The summed E-state index contributed by atoms with van der Waals surface area (Å²) in [4.78, 5) is 10.2. The highest BCUT2D eigenvalue weighted by atomic mass is 31.1. The maximum atomic E-state index is 10.3. The molecule has 1 unspecified atom stereocenters. The predicted octanol–water partition coefficient (Wildman–Crippen LogP) is 1.07. The Kier molecular flexibility index (Phi) is 4.85. The van der Waals surface area contributed by atoms with E-state index in [1.165, 1.54) is 0 Å². The van der Waals surface area contributed by atoms with Crippen molar-refractivity contribution >= 4 is 14.5 Å². The Morgan fingerprint density at radius 3 is 2.70 bits per heavy atom. The summed E-state index contributed by atoms with van der Waals surface area (Å²) in [5.74, 6) is -0.317. The maximum Gasteiger partial charge on any atom is 0.313 e. The largest absolute Gasteiger partial charge is 0.352 e. The van der Waals surface area contributed by atoms with E-state index < -0.39 is 6.03 Å². The fraction of sp³-hybridized carbons (Fsp3) is 0.800. The van der Waals surface area contributed by atoms with Crippen molar-refractivity contribution in [1.29, 1.82) is 0 Å². The number of amides is 2. The van der Waals surface area contributed by atoms with Crippen LogP contribution in [0.25, 0.3) is 0 Å². The van der Waals surface area contributed by atoms with Crippen LogP contribution in [0.2, 0.25) is 0 Å². The Morgan fingerprint density at radius 1 is 1.80 bits per heavy atom. The van der Waals surface area contributed by atoms with E-state index >= 15 is 0 Å². The van der Waals surface area contributed by atoms with Gasteiger partial charge in [-0.1, -0.05) is 13.3 Å². The van der Waals surface area contributed by atoms with Crippen LogP contribution in [-0.4, -0.2) is 11.8 Å². The molecule has 0 spiro atoms. The summed E-state index contributed by atoms with van der Waals surface area (Å²) in [6, 6.07) is -0.623. The molecule has 4 nitrogen and oxygen atoms in total. The summed E-state index contributed by atoms with van der Waals surface area (Å²) in [7, 11) is -0.0763. The molecule has 0 fully saturated rings. The Balaban J connectivity index is 3.59. The van der Waals surface area contributed by atoms with E-state index in [0.717, 1.165) is 6.42 Å². The number of primary amides is 1. The molecule has 5 heteroatoms. The Bertz CT molecular complexity index is 129. The minimum Gasteiger partial charge on any atom is -0.352 e. The zero-order chi connectivity index (χ0) is 7.98. The van der Waals surface area contributed by atoms with E-state index in [9.17, 15) is 9.36 Å². The number of hydrogen-bond acceptors (Lipinski definition) is 2. The first kappa shape index (κ1) is 9.37. The van der Waals surface area contributed by atoms with Gasteiger partial charge in [0.2, 0.25) is 0 Å². The second-order valence-electron chi connectivity index (χ2n) is 1.92. The van der Waals surface area contributed by atoms with Crippen molar-refractivity contribution in [3.8, 4) is 0 Å². The normalized spacial score (nSPS) is 12.9. The molecule has 0 saturated heterocycles. The van der Waals surface area contributed by atoms with Crippen LogP contribution in [0.15, 0.2) is 0 Å². The number of urea groups is 1. The van der Waals surface area contributed by atoms with Crippen molar-refractivity contribution < 1.29 is 9.36 Å². The SMILES string of the molecule is CCCC(NC(N)=O)P=O. The van der Waals surface area contributed by atoms with E-state index in [4.69, 9.17) is 5.73 Å². The summed E-state index contributed by atoms with van der Waals surface area (Å²) in [5.41, 5.74) is 4.81. The van der Waals surface area contributed by atoms with Crippen LogP contribution >= 0.6 is 8.46 Å². The molecule has 0 aromatic heterocycles. The topological polar surface area (TPSA) is 72.2 Å². The third-order valence-electron chi connectivity index (χ3n) is 0.998. The van der Waals surface area contributed by atoms with Crippen LogP contribution in [0, 0.1) is 0 Å². The minimum atomic E-state index is -0.623. The molecule has 0 aliphatic rings. The first-order valence-corrected chi connectivity index (χ1v) is 3.97. The highest BCUT2D eigenvalue weighted by molar-refractivity contribution is 7.24. The first-order valence-electron chi connectivity index (χ1n) is 3.09. The Morgan fingerprint density at radius 2 is 2.40 bits per heavy atom. The van der Waals surface area contributed by atoms with Crippen LogP contribution in [0.5, 0.6) is 0 Å². The standard InChI is InChI=1S/C5H11N2O2P/c1-2-3-4(10-9)7-5(6)8/h4H,2-3H2,1H3,(H3,6,7,8). The van der Waals surface area contributed by atoms with Gasteiger partial charge in [0.25, 0.3) is 0 Å². The quantitative estimate of drug-likeness (QED) is 0.607. The lowest BCUT2D eigenvalue weighted by Crippen LogP contribution is -2.35. The molecule has 0 aliphatic carbocycles. The molecule has 0 heterocycles. The number of carbonyl (C=O) groups is 1. The van der Waals surface area contributed by atoms with E-state index in [0.29, 0.717) is 6.42 Å². The highest BCUT2D eigenvalue weighted by Crippen LogP contribution is 2.08. The van der Waals surface area contributed by atoms with E-state index in [2.05, 4.69) is 5.32 Å². The minimum absolute atomic E-state index is 0.0763. The summed E-state index contributed by atoms with van der Waals surface area (Å²) < 4.78 is 10.3. The molecule has 2 amide bonds. The highest BCUT2D eigenvalue weighted by Gasteiger charge is 2.07. The second kappa shape index (κ2) is 5.18. The van der Waals surface area contributed by atoms with Gasteiger partial charge < -0.3 is 11.1 Å². The molecule has 0 aliphatic heterocycles. The van der Waals surface area contributed by atoms with Crippen molar-refractivity contribution in [3.63, 3.8) is 0 Å². The van der Waals surface area contributed by atoms with Crippen LogP contribution in [0.4, 0.5) is 4.79 Å². The first-order chi connectivity index (χ1) is 4.70. The molecule has 3 N–H and O–H groups in total. The van der Waals surface area contributed by atoms with Crippen molar-refractivity contribution in [2.24, 2.45) is 5.73 Å². The van der Waals surface area contributed by atoms with Crippen LogP contribution in [0.3, 0.4) is 0 Å². The predicted molar refractivity (Wildman–Crippen MR) is 39.0 cm³/mol. The lowest BCUT2D eigenvalue weighted by molar-refractivity contribution is 0.247. The average molecular weight is 162 g/mol. The van der Waals surface area contributed by atoms with Gasteiger partial charge in [-0.2, -0.15) is 0 Å². The average Bonchev–Trinajstić information content (AvgIpc) is 1.86. The second-order valence-corrected chi connectivity index (χ2v) is 2.75. The summed E-state index contributed by atoms with van der Waals surface area (Å²) in [6.45, 7) is 1.95.